The summed E-state index contributed by atoms with van der Waals surface area (Å²) in [7, 11) is 0. The predicted molar refractivity (Wildman–Crippen MR) is 134 cm³/mol. The van der Waals surface area contributed by atoms with Crippen molar-refractivity contribution in [2.24, 2.45) is 0 Å². The Morgan fingerprint density at radius 2 is 1.06 bits per heavy atom. The monoisotopic (exact) mass is 486 g/mol. The van der Waals surface area contributed by atoms with Gasteiger partial charge in [0.1, 0.15) is 0 Å². The van der Waals surface area contributed by atoms with E-state index in [1.54, 1.807) is 24.3 Å². The third-order valence-corrected chi connectivity index (χ3v) is 4.97. The second kappa shape index (κ2) is 12.4. The van der Waals surface area contributed by atoms with Gasteiger partial charge in [0.2, 0.25) is 11.8 Å². The number of nitrogens with one attached hydrogen (secondary N) is 2. The second-order valence-electron chi connectivity index (χ2n) is 7.62. The van der Waals surface area contributed by atoms with Crippen LogP contribution in [-0.4, -0.2) is 21.7 Å². The molecule has 3 aromatic carbocycles. The SMILES string of the molecule is O=C(/C=C/c1cccc([N+](=O)[O-])c1)NCc1ccc(CNC(=O)/C=C/c2cccc([N+](=O)[O-])c2)cc1. The van der Waals surface area contributed by atoms with Gasteiger partial charge in [0.15, 0.2) is 0 Å². The molecule has 0 saturated carbocycles. The lowest BCUT2D eigenvalue weighted by Crippen LogP contribution is -2.21. The van der Waals surface area contributed by atoms with Gasteiger partial charge in [0.25, 0.3) is 11.4 Å². The van der Waals surface area contributed by atoms with Crippen LogP contribution in [0.3, 0.4) is 0 Å². The summed E-state index contributed by atoms with van der Waals surface area (Å²) in [6.07, 6.45) is 5.62. The first-order chi connectivity index (χ1) is 17.3. The van der Waals surface area contributed by atoms with E-state index < -0.39 is 9.85 Å². The van der Waals surface area contributed by atoms with Gasteiger partial charge in [-0.3, -0.25) is 29.8 Å². The average molecular weight is 486 g/mol. The number of benzene rings is 3. The van der Waals surface area contributed by atoms with Crippen LogP contribution in [0.1, 0.15) is 22.3 Å². The second-order valence-corrected chi connectivity index (χ2v) is 7.62. The molecule has 2 amide bonds. The van der Waals surface area contributed by atoms with Crippen molar-refractivity contribution >= 4 is 35.3 Å². The highest BCUT2D eigenvalue weighted by atomic mass is 16.6. The molecule has 3 aromatic rings. The normalized spacial score (nSPS) is 10.9. The van der Waals surface area contributed by atoms with E-state index in [-0.39, 0.29) is 36.3 Å². The molecule has 0 aliphatic rings. The largest absolute Gasteiger partial charge is 0.348 e. The molecule has 0 atom stereocenters. The highest BCUT2D eigenvalue weighted by molar-refractivity contribution is 5.92. The predicted octanol–water partition coefficient (Wildman–Crippen LogP) is 4.16. The fraction of sp³-hybridized carbons (Fsp3) is 0.0769. The summed E-state index contributed by atoms with van der Waals surface area (Å²) < 4.78 is 0. The Balaban J connectivity index is 1.44. The van der Waals surface area contributed by atoms with Crippen LogP contribution in [0.25, 0.3) is 12.2 Å². The van der Waals surface area contributed by atoms with Gasteiger partial charge in [-0.25, -0.2) is 0 Å². The number of rotatable bonds is 10. The first kappa shape index (κ1) is 25.5. The standard InChI is InChI=1S/C26H22N4O6/c31-25(13-11-19-3-1-5-23(15-19)29(33)34)27-17-21-7-9-22(10-8-21)18-28-26(32)14-12-20-4-2-6-24(16-20)30(35)36/h1-16H,17-18H2,(H,27,31)(H,28,32)/b13-11+,14-12+. The Morgan fingerprint density at radius 1 is 0.667 bits per heavy atom. The molecule has 3 rings (SSSR count). The zero-order chi connectivity index (χ0) is 25.9. The van der Waals surface area contributed by atoms with E-state index in [2.05, 4.69) is 10.6 Å². The molecule has 0 bridgehead atoms. The van der Waals surface area contributed by atoms with Crippen molar-refractivity contribution in [3.8, 4) is 0 Å². The smallest absolute Gasteiger partial charge is 0.270 e. The Morgan fingerprint density at radius 3 is 1.42 bits per heavy atom. The lowest BCUT2D eigenvalue weighted by Gasteiger charge is -2.06. The minimum absolute atomic E-state index is 0.0488. The van der Waals surface area contributed by atoms with E-state index in [0.29, 0.717) is 11.1 Å². The van der Waals surface area contributed by atoms with Gasteiger partial charge in [-0.1, -0.05) is 48.5 Å². The fourth-order valence-corrected chi connectivity index (χ4v) is 3.10. The molecule has 10 heteroatoms. The zero-order valence-electron chi connectivity index (χ0n) is 19.0. The summed E-state index contributed by atoms with van der Waals surface area (Å²) in [5.74, 6) is -0.679. The van der Waals surface area contributed by atoms with E-state index in [4.69, 9.17) is 0 Å². The molecule has 0 unspecified atom stereocenters. The maximum absolute atomic E-state index is 12.0. The quantitative estimate of drug-likeness (QED) is 0.250. The van der Waals surface area contributed by atoms with Gasteiger partial charge < -0.3 is 10.6 Å². The molecular formula is C26H22N4O6. The number of non-ortho nitro benzene ring substituents is 2. The highest BCUT2D eigenvalue weighted by Gasteiger charge is 2.06. The Labute approximate surface area is 206 Å². The van der Waals surface area contributed by atoms with Gasteiger partial charge in [-0.2, -0.15) is 0 Å². The van der Waals surface area contributed by atoms with Crippen molar-refractivity contribution in [2.45, 2.75) is 13.1 Å². The van der Waals surface area contributed by atoms with Crippen LogP contribution in [0.15, 0.2) is 84.9 Å². The minimum Gasteiger partial charge on any atom is -0.348 e. The molecule has 2 N–H and O–H groups in total. The summed E-state index contributed by atoms with van der Waals surface area (Å²) in [5.41, 5.74) is 2.71. The highest BCUT2D eigenvalue weighted by Crippen LogP contribution is 2.15. The van der Waals surface area contributed by atoms with Gasteiger partial charge in [0.05, 0.1) is 9.85 Å². The minimum atomic E-state index is -0.496. The molecular weight excluding hydrogens is 464 g/mol. The first-order valence-electron chi connectivity index (χ1n) is 10.8. The third kappa shape index (κ3) is 8.03. The van der Waals surface area contributed by atoms with Gasteiger partial charge >= 0.3 is 0 Å². The van der Waals surface area contributed by atoms with E-state index in [0.717, 1.165) is 11.1 Å². The lowest BCUT2D eigenvalue weighted by atomic mass is 10.1. The van der Waals surface area contributed by atoms with Crippen molar-refractivity contribution < 1.29 is 19.4 Å². The molecule has 0 saturated heterocycles. The molecule has 0 aromatic heterocycles. The molecule has 0 radical (unpaired) electrons. The van der Waals surface area contributed by atoms with Crippen LogP contribution < -0.4 is 10.6 Å². The number of nitro groups is 2. The van der Waals surface area contributed by atoms with E-state index in [1.807, 2.05) is 24.3 Å². The molecule has 0 spiro atoms. The zero-order valence-corrected chi connectivity index (χ0v) is 19.0. The van der Waals surface area contributed by atoms with Crippen molar-refractivity contribution in [3.63, 3.8) is 0 Å². The summed E-state index contributed by atoms with van der Waals surface area (Å²) >= 11 is 0. The fourth-order valence-electron chi connectivity index (χ4n) is 3.10. The van der Waals surface area contributed by atoms with Crippen LogP contribution in [-0.2, 0) is 22.7 Å². The summed E-state index contributed by atoms with van der Waals surface area (Å²) in [5, 5.41) is 27.1. The summed E-state index contributed by atoms with van der Waals surface area (Å²) in [4.78, 5) is 44.7. The number of carbonyl (C=O) groups is 2. The van der Waals surface area contributed by atoms with Crippen LogP contribution in [0.5, 0.6) is 0 Å². The Kier molecular flexibility index (Phi) is 8.76. The van der Waals surface area contributed by atoms with Gasteiger partial charge in [-0.15, -0.1) is 0 Å². The number of carbonyl (C=O) groups excluding carboxylic acids is 2. The van der Waals surface area contributed by atoms with Crippen molar-refractivity contribution in [3.05, 3.63) is 127 Å². The number of amides is 2. The topological polar surface area (TPSA) is 144 Å². The summed E-state index contributed by atoms with van der Waals surface area (Å²) in [6, 6.07) is 19.2. The van der Waals surface area contributed by atoms with Crippen LogP contribution in [0, 0.1) is 20.2 Å². The molecule has 0 aliphatic carbocycles. The van der Waals surface area contributed by atoms with E-state index in [1.165, 1.54) is 48.6 Å². The van der Waals surface area contributed by atoms with Crippen molar-refractivity contribution in [1.29, 1.82) is 0 Å². The van der Waals surface area contributed by atoms with Gasteiger partial charge in [-0.05, 0) is 34.4 Å². The maximum Gasteiger partial charge on any atom is 0.270 e. The van der Waals surface area contributed by atoms with Crippen molar-refractivity contribution in [1.82, 2.24) is 10.6 Å². The van der Waals surface area contributed by atoms with Crippen LogP contribution in [0.4, 0.5) is 11.4 Å². The average Bonchev–Trinajstić information content (AvgIpc) is 2.89. The molecule has 0 aliphatic heterocycles. The van der Waals surface area contributed by atoms with E-state index in [9.17, 15) is 29.8 Å². The molecule has 0 heterocycles. The van der Waals surface area contributed by atoms with Crippen LogP contribution >= 0.6 is 0 Å². The van der Waals surface area contributed by atoms with Gasteiger partial charge in [0, 0.05) is 49.5 Å². The molecule has 182 valence electrons. The number of nitrogens with zero attached hydrogens (tertiary/aromatic N) is 2. The Bertz CT molecular complexity index is 1230. The maximum atomic E-state index is 12.0. The lowest BCUT2D eigenvalue weighted by molar-refractivity contribution is -0.385. The van der Waals surface area contributed by atoms with Crippen molar-refractivity contribution in [2.75, 3.05) is 0 Å². The first-order valence-corrected chi connectivity index (χ1v) is 10.8. The summed E-state index contributed by atoms with van der Waals surface area (Å²) in [6.45, 7) is 0.577. The van der Waals surface area contributed by atoms with Crippen LogP contribution in [0.2, 0.25) is 0 Å². The molecule has 10 nitrogen and oxygen atoms in total. The number of nitro benzene ring substituents is 2. The Hall–Kier alpha value is -5.12. The third-order valence-electron chi connectivity index (χ3n) is 4.97. The van der Waals surface area contributed by atoms with E-state index >= 15 is 0 Å². The molecule has 36 heavy (non-hydrogen) atoms. The number of hydrogen-bond donors (Lipinski definition) is 2. The molecule has 0 fully saturated rings. The number of hydrogen-bond acceptors (Lipinski definition) is 6.